The minimum atomic E-state index is -4.41. The van der Waals surface area contributed by atoms with Gasteiger partial charge in [-0.3, -0.25) is 4.98 Å². The van der Waals surface area contributed by atoms with Crippen molar-refractivity contribution in [1.82, 2.24) is 4.98 Å². The number of pyridine rings is 1. The Morgan fingerprint density at radius 3 is 2.31 bits per heavy atom. The van der Waals surface area contributed by atoms with Crippen molar-refractivity contribution < 1.29 is 13.2 Å². The lowest BCUT2D eigenvalue weighted by molar-refractivity contribution is -0.141. The Morgan fingerprint density at radius 2 is 2.00 bits per heavy atom. The maximum atomic E-state index is 12.0. The minimum absolute atomic E-state index is 0.196. The molecule has 0 unspecified atom stereocenters. The standard InChI is InChI=1S/C8H7F3N2/c1-5(12)6-2-3-7(13-4-6)8(9,10)11/h2-4H,1,12H2. The fourth-order valence-corrected chi connectivity index (χ4v) is 0.751. The Balaban J connectivity index is 3.01. The van der Waals surface area contributed by atoms with E-state index in [9.17, 15) is 13.2 Å². The van der Waals surface area contributed by atoms with Gasteiger partial charge in [-0.2, -0.15) is 13.2 Å². The van der Waals surface area contributed by atoms with Crippen LogP contribution in [0, 0.1) is 0 Å². The molecule has 0 aliphatic heterocycles. The fourth-order valence-electron chi connectivity index (χ4n) is 0.751. The van der Waals surface area contributed by atoms with Crippen LogP contribution in [-0.2, 0) is 6.18 Å². The zero-order chi connectivity index (χ0) is 10.1. The molecule has 2 nitrogen and oxygen atoms in total. The number of hydrogen-bond acceptors (Lipinski definition) is 2. The van der Waals surface area contributed by atoms with Crippen LogP contribution in [0.5, 0.6) is 0 Å². The number of hydrogen-bond donors (Lipinski definition) is 1. The highest BCUT2D eigenvalue weighted by molar-refractivity contribution is 5.59. The van der Waals surface area contributed by atoms with E-state index in [-0.39, 0.29) is 5.70 Å². The molecule has 0 fully saturated rings. The maximum absolute atomic E-state index is 12.0. The van der Waals surface area contributed by atoms with Crippen molar-refractivity contribution in [3.05, 3.63) is 36.2 Å². The predicted octanol–water partition coefficient (Wildman–Crippen LogP) is 2.03. The molecule has 0 saturated heterocycles. The molecule has 0 aromatic carbocycles. The molecular formula is C8H7F3N2. The molecule has 13 heavy (non-hydrogen) atoms. The first-order valence-electron chi connectivity index (χ1n) is 3.39. The van der Waals surface area contributed by atoms with Crippen molar-refractivity contribution in [1.29, 1.82) is 0 Å². The van der Waals surface area contributed by atoms with Gasteiger partial charge in [0.25, 0.3) is 0 Å². The van der Waals surface area contributed by atoms with Crippen molar-refractivity contribution in [2.45, 2.75) is 6.18 Å². The third-order valence-electron chi connectivity index (χ3n) is 1.42. The predicted molar refractivity (Wildman–Crippen MR) is 42.5 cm³/mol. The van der Waals surface area contributed by atoms with Gasteiger partial charge in [-0.15, -0.1) is 0 Å². The highest BCUT2D eigenvalue weighted by atomic mass is 19.4. The van der Waals surface area contributed by atoms with E-state index in [1.807, 2.05) is 0 Å². The lowest BCUT2D eigenvalue weighted by Gasteiger charge is -2.05. The Kier molecular flexibility index (Phi) is 2.27. The highest BCUT2D eigenvalue weighted by Crippen LogP contribution is 2.27. The summed E-state index contributed by atoms with van der Waals surface area (Å²) in [5.41, 5.74) is 4.92. The average molecular weight is 188 g/mol. The van der Waals surface area contributed by atoms with Crippen LogP contribution in [0.3, 0.4) is 0 Å². The number of nitrogens with zero attached hydrogens (tertiary/aromatic N) is 1. The molecule has 0 amide bonds. The second-order valence-electron chi connectivity index (χ2n) is 2.46. The Labute approximate surface area is 72.9 Å². The first-order valence-corrected chi connectivity index (χ1v) is 3.39. The summed E-state index contributed by atoms with van der Waals surface area (Å²) in [6.07, 6.45) is -3.36. The smallest absolute Gasteiger partial charge is 0.399 e. The molecular weight excluding hydrogens is 181 g/mol. The molecule has 0 radical (unpaired) electrons. The second-order valence-corrected chi connectivity index (χ2v) is 2.46. The molecule has 0 saturated carbocycles. The summed E-state index contributed by atoms with van der Waals surface area (Å²) in [4.78, 5) is 3.21. The molecule has 1 rings (SSSR count). The van der Waals surface area contributed by atoms with Crippen molar-refractivity contribution in [3.63, 3.8) is 0 Å². The van der Waals surface area contributed by atoms with Crippen LogP contribution in [0.25, 0.3) is 5.70 Å². The van der Waals surface area contributed by atoms with Crippen molar-refractivity contribution in [3.8, 4) is 0 Å². The van der Waals surface area contributed by atoms with Gasteiger partial charge >= 0.3 is 6.18 Å². The number of aromatic nitrogens is 1. The van der Waals surface area contributed by atoms with Gasteiger partial charge in [-0.25, -0.2) is 0 Å². The molecule has 1 aromatic rings. The Bertz CT molecular complexity index is 313. The van der Waals surface area contributed by atoms with E-state index in [4.69, 9.17) is 5.73 Å². The number of halogens is 3. The van der Waals surface area contributed by atoms with Gasteiger partial charge in [-0.1, -0.05) is 6.58 Å². The summed E-state index contributed by atoms with van der Waals surface area (Å²) >= 11 is 0. The summed E-state index contributed by atoms with van der Waals surface area (Å²) in [6.45, 7) is 3.37. The molecule has 0 spiro atoms. The molecule has 1 heterocycles. The molecule has 0 atom stereocenters. The third kappa shape index (κ3) is 2.21. The SMILES string of the molecule is C=C(N)c1ccc(C(F)(F)F)nc1. The second kappa shape index (κ2) is 3.08. The monoisotopic (exact) mass is 188 g/mol. The first-order chi connectivity index (χ1) is 5.91. The topological polar surface area (TPSA) is 38.9 Å². The lowest BCUT2D eigenvalue weighted by Crippen LogP contribution is -2.08. The van der Waals surface area contributed by atoms with Gasteiger partial charge < -0.3 is 5.73 Å². The Hall–Kier alpha value is -1.52. The van der Waals surface area contributed by atoms with Gasteiger partial charge in [0.1, 0.15) is 5.69 Å². The van der Waals surface area contributed by atoms with E-state index in [1.54, 1.807) is 0 Å². The fraction of sp³-hybridized carbons (Fsp3) is 0.125. The van der Waals surface area contributed by atoms with E-state index in [2.05, 4.69) is 11.6 Å². The molecule has 0 aliphatic rings. The zero-order valence-corrected chi connectivity index (χ0v) is 6.60. The van der Waals surface area contributed by atoms with Crippen molar-refractivity contribution in [2.24, 2.45) is 5.73 Å². The molecule has 5 heteroatoms. The van der Waals surface area contributed by atoms with E-state index in [0.29, 0.717) is 5.56 Å². The normalized spacial score (nSPS) is 11.3. The van der Waals surface area contributed by atoms with Gasteiger partial charge in [0.05, 0.1) is 0 Å². The summed E-state index contributed by atoms with van der Waals surface area (Å²) in [7, 11) is 0. The molecule has 1 aromatic heterocycles. The first kappa shape index (κ1) is 9.57. The van der Waals surface area contributed by atoms with E-state index < -0.39 is 11.9 Å². The zero-order valence-electron chi connectivity index (χ0n) is 6.60. The van der Waals surface area contributed by atoms with Gasteiger partial charge in [-0.05, 0) is 12.1 Å². The van der Waals surface area contributed by atoms with Crippen LogP contribution < -0.4 is 5.73 Å². The summed E-state index contributed by atoms with van der Waals surface area (Å²) in [5, 5.41) is 0. The van der Waals surface area contributed by atoms with Crippen LogP contribution in [0.2, 0.25) is 0 Å². The summed E-state index contributed by atoms with van der Waals surface area (Å²) < 4.78 is 36.0. The third-order valence-corrected chi connectivity index (χ3v) is 1.42. The number of nitrogens with two attached hydrogens (primary N) is 1. The van der Waals surface area contributed by atoms with Gasteiger partial charge in [0.2, 0.25) is 0 Å². The van der Waals surface area contributed by atoms with Crippen LogP contribution in [0.4, 0.5) is 13.2 Å². The van der Waals surface area contributed by atoms with Gasteiger partial charge in [0.15, 0.2) is 0 Å². The van der Waals surface area contributed by atoms with Crippen molar-refractivity contribution >= 4 is 5.70 Å². The minimum Gasteiger partial charge on any atom is -0.399 e. The van der Waals surface area contributed by atoms with Crippen LogP contribution in [0.15, 0.2) is 24.9 Å². The highest BCUT2D eigenvalue weighted by Gasteiger charge is 2.31. The van der Waals surface area contributed by atoms with Crippen LogP contribution >= 0.6 is 0 Å². The number of alkyl halides is 3. The maximum Gasteiger partial charge on any atom is 0.433 e. The average Bonchev–Trinajstić information content (AvgIpc) is 2.03. The van der Waals surface area contributed by atoms with Crippen molar-refractivity contribution in [2.75, 3.05) is 0 Å². The molecule has 0 aliphatic carbocycles. The largest absolute Gasteiger partial charge is 0.433 e. The van der Waals surface area contributed by atoms with Crippen LogP contribution in [0.1, 0.15) is 11.3 Å². The Morgan fingerprint density at radius 1 is 1.38 bits per heavy atom. The van der Waals surface area contributed by atoms with E-state index in [1.165, 1.54) is 6.07 Å². The van der Waals surface area contributed by atoms with E-state index in [0.717, 1.165) is 12.3 Å². The summed E-state index contributed by atoms with van der Waals surface area (Å²) in [5.74, 6) is 0. The quantitative estimate of drug-likeness (QED) is 0.732. The molecule has 2 N–H and O–H groups in total. The lowest BCUT2D eigenvalue weighted by atomic mass is 10.2. The number of rotatable bonds is 1. The molecule has 0 bridgehead atoms. The van der Waals surface area contributed by atoms with Crippen LogP contribution in [-0.4, -0.2) is 4.98 Å². The van der Waals surface area contributed by atoms with Gasteiger partial charge in [0, 0.05) is 17.5 Å². The van der Waals surface area contributed by atoms with E-state index >= 15 is 0 Å². The molecule has 70 valence electrons. The summed E-state index contributed by atoms with van der Waals surface area (Å²) in [6, 6.07) is 2.10.